The van der Waals surface area contributed by atoms with Crippen LogP contribution in [-0.2, 0) is 20.3 Å². The average Bonchev–Trinajstić information content (AvgIpc) is 3.32. The molecule has 8 nitrogen and oxygen atoms in total. The molecule has 1 atom stereocenters. The highest BCUT2D eigenvalue weighted by molar-refractivity contribution is 7.85. The summed E-state index contributed by atoms with van der Waals surface area (Å²) in [6, 6.07) is 7.03. The van der Waals surface area contributed by atoms with Gasteiger partial charge < -0.3 is 23.9 Å². The number of carbonyl (C=O) groups is 1. The van der Waals surface area contributed by atoms with Crippen LogP contribution in [-0.4, -0.2) is 47.6 Å². The number of fused-ring (bicyclic) bond motifs is 1. The maximum Gasteiger partial charge on any atom is 0.337 e. The highest BCUT2D eigenvalue weighted by atomic mass is 32.2. The zero-order valence-corrected chi connectivity index (χ0v) is 18.6. The molecule has 0 spiro atoms. The minimum atomic E-state index is -1.63. The van der Waals surface area contributed by atoms with Gasteiger partial charge in [0.2, 0.25) is 10.9 Å². The van der Waals surface area contributed by atoms with E-state index in [0.29, 0.717) is 33.2 Å². The highest BCUT2D eigenvalue weighted by Gasteiger charge is 2.24. The number of nitrogens with zero attached hydrogens (tertiary/aromatic N) is 1. The van der Waals surface area contributed by atoms with Gasteiger partial charge in [-0.25, -0.2) is 14.0 Å². The number of carbonyl (C=O) groups excluding carboxylic acids is 1. The lowest BCUT2D eigenvalue weighted by Gasteiger charge is -2.17. The van der Waals surface area contributed by atoms with E-state index < -0.39 is 16.8 Å². The Morgan fingerprint density at radius 1 is 1.16 bits per heavy atom. The SMILES string of the molecule is CCCCCOCC(=O)Oc1c(OC)c(OC)cc2cccc(S(=O)c3ncc[nH]3)c12. The molecule has 0 aliphatic carbocycles. The third-order valence-electron chi connectivity index (χ3n) is 4.60. The molecule has 0 saturated heterocycles. The molecule has 1 N–H and O–H groups in total. The van der Waals surface area contributed by atoms with Crippen LogP contribution < -0.4 is 14.2 Å². The summed E-state index contributed by atoms with van der Waals surface area (Å²) in [7, 11) is 1.32. The van der Waals surface area contributed by atoms with Crippen LogP contribution in [0.15, 0.2) is 46.7 Å². The summed E-state index contributed by atoms with van der Waals surface area (Å²) < 4.78 is 35.2. The molecular weight excluding hydrogens is 420 g/mol. The number of imidazole rings is 1. The van der Waals surface area contributed by atoms with Crippen LogP contribution in [0.3, 0.4) is 0 Å². The molecule has 0 radical (unpaired) electrons. The molecule has 0 saturated carbocycles. The van der Waals surface area contributed by atoms with E-state index >= 15 is 0 Å². The summed E-state index contributed by atoms with van der Waals surface area (Å²) in [5.41, 5.74) is 0. The number of benzene rings is 2. The molecule has 166 valence electrons. The molecule has 0 bridgehead atoms. The molecule has 1 unspecified atom stereocenters. The monoisotopic (exact) mass is 446 g/mol. The average molecular weight is 447 g/mol. The number of nitrogens with one attached hydrogen (secondary N) is 1. The van der Waals surface area contributed by atoms with E-state index in [1.54, 1.807) is 24.4 Å². The van der Waals surface area contributed by atoms with Crippen LogP contribution in [0, 0.1) is 0 Å². The van der Waals surface area contributed by atoms with Gasteiger partial charge in [-0.1, -0.05) is 31.9 Å². The van der Waals surface area contributed by atoms with Crippen molar-refractivity contribution in [1.29, 1.82) is 0 Å². The largest absolute Gasteiger partial charge is 0.493 e. The number of methoxy groups -OCH3 is 2. The Morgan fingerprint density at radius 3 is 2.68 bits per heavy atom. The Hall–Kier alpha value is -2.91. The zero-order chi connectivity index (χ0) is 22.2. The summed E-state index contributed by atoms with van der Waals surface area (Å²) in [5, 5.41) is 1.45. The minimum absolute atomic E-state index is 0.134. The fourth-order valence-electron chi connectivity index (χ4n) is 3.15. The van der Waals surface area contributed by atoms with Crippen LogP contribution >= 0.6 is 0 Å². The van der Waals surface area contributed by atoms with Gasteiger partial charge in [0, 0.05) is 24.4 Å². The number of esters is 1. The number of hydrogen-bond acceptors (Lipinski definition) is 7. The Bertz CT molecular complexity index is 1050. The number of aromatic nitrogens is 2. The van der Waals surface area contributed by atoms with E-state index in [0.717, 1.165) is 19.3 Å². The lowest BCUT2D eigenvalue weighted by atomic mass is 10.1. The molecule has 2 aromatic carbocycles. The van der Waals surface area contributed by atoms with Gasteiger partial charge >= 0.3 is 5.97 Å². The lowest BCUT2D eigenvalue weighted by molar-refractivity contribution is -0.139. The van der Waals surface area contributed by atoms with Crippen molar-refractivity contribution in [3.63, 3.8) is 0 Å². The van der Waals surface area contributed by atoms with Crippen molar-refractivity contribution in [3.05, 3.63) is 36.7 Å². The standard InChI is InChI=1S/C22H26N2O6S/c1-4-5-6-12-29-14-18(25)30-21-19-15(13-16(27-2)20(21)28-3)8-7-9-17(19)31(26)22-23-10-11-24-22/h7-11,13H,4-6,12,14H2,1-3H3,(H,23,24). The summed E-state index contributed by atoms with van der Waals surface area (Å²) >= 11 is 0. The first-order valence-corrected chi connectivity index (χ1v) is 11.1. The molecule has 9 heteroatoms. The van der Waals surface area contributed by atoms with Crippen LogP contribution in [0.4, 0.5) is 0 Å². The molecule has 0 fully saturated rings. The first-order valence-electron chi connectivity index (χ1n) is 9.98. The molecule has 1 heterocycles. The van der Waals surface area contributed by atoms with Gasteiger partial charge in [0.25, 0.3) is 0 Å². The second kappa shape index (κ2) is 10.9. The summed E-state index contributed by atoms with van der Waals surface area (Å²) in [6.07, 6.45) is 6.10. The van der Waals surface area contributed by atoms with Gasteiger partial charge in [-0.15, -0.1) is 0 Å². The van der Waals surface area contributed by atoms with E-state index in [1.807, 2.05) is 6.07 Å². The van der Waals surface area contributed by atoms with E-state index in [1.165, 1.54) is 20.4 Å². The molecule has 0 aliphatic rings. The van der Waals surface area contributed by atoms with Crippen LogP contribution in [0.2, 0.25) is 0 Å². The Kier molecular flexibility index (Phi) is 8.02. The Balaban J connectivity index is 2.02. The normalized spacial score (nSPS) is 12.0. The van der Waals surface area contributed by atoms with E-state index in [9.17, 15) is 9.00 Å². The van der Waals surface area contributed by atoms with Gasteiger partial charge in [0.1, 0.15) is 17.4 Å². The summed E-state index contributed by atoms with van der Waals surface area (Å²) in [5.74, 6) is 0.179. The quantitative estimate of drug-likeness (QED) is 0.271. The Labute approximate surface area is 183 Å². The van der Waals surface area contributed by atoms with E-state index in [2.05, 4.69) is 16.9 Å². The van der Waals surface area contributed by atoms with Crippen molar-refractivity contribution in [3.8, 4) is 17.2 Å². The predicted octanol–water partition coefficient (Wildman–Crippen LogP) is 3.86. The zero-order valence-electron chi connectivity index (χ0n) is 17.8. The van der Waals surface area contributed by atoms with Gasteiger partial charge in [-0.3, -0.25) is 0 Å². The number of rotatable bonds is 11. The molecular formula is C22H26N2O6S. The van der Waals surface area contributed by atoms with Crippen LogP contribution in [0.1, 0.15) is 26.2 Å². The molecule has 3 aromatic rings. The van der Waals surface area contributed by atoms with Crippen LogP contribution in [0.5, 0.6) is 17.2 Å². The van der Waals surface area contributed by atoms with Gasteiger partial charge in [-0.05, 0) is 23.9 Å². The number of ether oxygens (including phenoxy) is 4. The fraction of sp³-hybridized carbons (Fsp3) is 0.364. The van der Waals surface area contributed by atoms with Crippen molar-refractivity contribution in [2.24, 2.45) is 0 Å². The number of aromatic amines is 1. The molecule has 1 aromatic heterocycles. The molecule has 31 heavy (non-hydrogen) atoms. The van der Waals surface area contributed by atoms with Gasteiger partial charge in [-0.2, -0.15) is 0 Å². The molecule has 3 rings (SSSR count). The second-order valence-electron chi connectivity index (χ2n) is 6.69. The fourth-order valence-corrected chi connectivity index (χ4v) is 4.29. The number of H-pyrrole nitrogens is 1. The highest BCUT2D eigenvalue weighted by Crippen LogP contribution is 2.45. The third-order valence-corrected chi connectivity index (χ3v) is 5.92. The maximum atomic E-state index is 13.2. The van der Waals surface area contributed by atoms with Crippen molar-refractivity contribution in [2.75, 3.05) is 27.4 Å². The summed E-state index contributed by atoms with van der Waals surface area (Å²) in [4.78, 5) is 19.9. The van der Waals surface area contributed by atoms with E-state index in [4.69, 9.17) is 18.9 Å². The minimum Gasteiger partial charge on any atom is -0.493 e. The Morgan fingerprint density at radius 2 is 2.00 bits per heavy atom. The van der Waals surface area contributed by atoms with Crippen molar-refractivity contribution >= 4 is 27.5 Å². The van der Waals surface area contributed by atoms with Gasteiger partial charge in [0.15, 0.2) is 11.5 Å². The lowest BCUT2D eigenvalue weighted by Crippen LogP contribution is -2.17. The third kappa shape index (κ3) is 5.23. The summed E-state index contributed by atoms with van der Waals surface area (Å²) in [6.45, 7) is 2.38. The van der Waals surface area contributed by atoms with Crippen LogP contribution in [0.25, 0.3) is 10.8 Å². The van der Waals surface area contributed by atoms with Crippen molar-refractivity contribution < 1.29 is 28.0 Å². The predicted molar refractivity (Wildman–Crippen MR) is 116 cm³/mol. The number of unbranched alkanes of at least 4 members (excludes halogenated alkanes) is 2. The topological polar surface area (TPSA) is 99.7 Å². The maximum absolute atomic E-state index is 13.2. The number of hydrogen-bond donors (Lipinski definition) is 1. The van der Waals surface area contributed by atoms with Crippen molar-refractivity contribution in [2.45, 2.75) is 36.2 Å². The van der Waals surface area contributed by atoms with Gasteiger partial charge in [0.05, 0.1) is 19.1 Å². The molecule has 0 amide bonds. The molecule has 0 aliphatic heterocycles. The van der Waals surface area contributed by atoms with Crippen molar-refractivity contribution in [1.82, 2.24) is 9.97 Å². The first kappa shape index (κ1) is 22.8. The first-order chi connectivity index (χ1) is 15.1. The second-order valence-corrected chi connectivity index (χ2v) is 8.06. The van der Waals surface area contributed by atoms with E-state index in [-0.39, 0.29) is 18.1 Å². The smallest absolute Gasteiger partial charge is 0.337 e.